The van der Waals surface area contributed by atoms with Crippen molar-refractivity contribution in [2.45, 2.75) is 11.5 Å². The SMILES string of the molecule is CNS(=O)(=O)c1ccc(C(=O)NCCC(=O)O)o1. The third-order valence-corrected chi connectivity index (χ3v) is 3.25. The minimum Gasteiger partial charge on any atom is -0.481 e. The molecule has 0 aliphatic rings. The van der Waals surface area contributed by atoms with Crippen LogP contribution in [0.4, 0.5) is 0 Å². The lowest BCUT2D eigenvalue weighted by atomic mass is 10.4. The first kappa shape index (κ1) is 14.2. The van der Waals surface area contributed by atoms with Gasteiger partial charge in [0, 0.05) is 6.54 Å². The van der Waals surface area contributed by atoms with Gasteiger partial charge in [0.05, 0.1) is 6.42 Å². The van der Waals surface area contributed by atoms with E-state index in [0.29, 0.717) is 0 Å². The molecule has 0 aliphatic heterocycles. The number of carboxylic acid groups (broad SMARTS) is 1. The summed E-state index contributed by atoms with van der Waals surface area (Å²) in [5.41, 5.74) is 0. The van der Waals surface area contributed by atoms with E-state index in [1.807, 2.05) is 4.72 Å². The molecule has 1 aromatic heterocycles. The number of amides is 1. The van der Waals surface area contributed by atoms with E-state index in [2.05, 4.69) is 5.32 Å². The average molecular weight is 276 g/mol. The summed E-state index contributed by atoms with van der Waals surface area (Å²) in [6.07, 6.45) is -0.228. The molecule has 0 aliphatic carbocycles. The van der Waals surface area contributed by atoms with E-state index in [1.165, 1.54) is 13.1 Å². The highest BCUT2D eigenvalue weighted by Gasteiger charge is 2.19. The molecule has 1 amide bonds. The highest BCUT2D eigenvalue weighted by Crippen LogP contribution is 2.13. The van der Waals surface area contributed by atoms with E-state index in [1.54, 1.807) is 0 Å². The van der Waals surface area contributed by atoms with Gasteiger partial charge in [-0.3, -0.25) is 9.59 Å². The summed E-state index contributed by atoms with van der Waals surface area (Å²) in [5, 5.41) is 10.3. The molecule has 0 saturated heterocycles. The maximum Gasteiger partial charge on any atom is 0.305 e. The highest BCUT2D eigenvalue weighted by molar-refractivity contribution is 7.89. The summed E-state index contributed by atoms with van der Waals surface area (Å²) in [7, 11) is -2.52. The quantitative estimate of drug-likeness (QED) is 0.636. The number of hydrogen-bond donors (Lipinski definition) is 3. The molecule has 0 unspecified atom stereocenters. The van der Waals surface area contributed by atoms with Crippen molar-refractivity contribution in [3.05, 3.63) is 17.9 Å². The van der Waals surface area contributed by atoms with E-state index >= 15 is 0 Å². The zero-order chi connectivity index (χ0) is 13.8. The third kappa shape index (κ3) is 3.57. The number of hydrogen-bond acceptors (Lipinski definition) is 5. The summed E-state index contributed by atoms with van der Waals surface area (Å²) in [6, 6.07) is 2.33. The molecule has 0 bridgehead atoms. The van der Waals surface area contributed by atoms with Gasteiger partial charge in [-0.2, -0.15) is 0 Å². The van der Waals surface area contributed by atoms with Gasteiger partial charge in [0.2, 0.25) is 5.09 Å². The number of nitrogens with one attached hydrogen (secondary N) is 2. The third-order valence-electron chi connectivity index (χ3n) is 1.96. The first-order valence-electron chi connectivity index (χ1n) is 4.90. The fraction of sp³-hybridized carbons (Fsp3) is 0.333. The van der Waals surface area contributed by atoms with Crippen molar-refractivity contribution < 1.29 is 27.5 Å². The van der Waals surface area contributed by atoms with Gasteiger partial charge in [0.25, 0.3) is 15.9 Å². The van der Waals surface area contributed by atoms with Crippen LogP contribution in [-0.2, 0) is 14.8 Å². The second-order valence-electron chi connectivity index (χ2n) is 3.23. The number of carbonyl (C=O) groups is 2. The van der Waals surface area contributed by atoms with Gasteiger partial charge in [-0.25, -0.2) is 13.1 Å². The number of carboxylic acids is 1. The monoisotopic (exact) mass is 276 g/mol. The lowest BCUT2D eigenvalue weighted by Gasteiger charge is -2.00. The maximum absolute atomic E-state index is 11.4. The maximum atomic E-state index is 11.4. The predicted molar refractivity (Wildman–Crippen MR) is 59.5 cm³/mol. The van der Waals surface area contributed by atoms with Crippen LogP contribution in [0.1, 0.15) is 17.0 Å². The lowest BCUT2D eigenvalue weighted by molar-refractivity contribution is -0.136. The van der Waals surface area contributed by atoms with Gasteiger partial charge in [-0.1, -0.05) is 0 Å². The summed E-state index contributed by atoms with van der Waals surface area (Å²) in [6.45, 7) is -0.0665. The summed E-state index contributed by atoms with van der Waals surface area (Å²) >= 11 is 0. The molecule has 100 valence electrons. The molecule has 8 nitrogen and oxygen atoms in total. The van der Waals surface area contributed by atoms with Crippen LogP contribution >= 0.6 is 0 Å². The molecule has 18 heavy (non-hydrogen) atoms. The standard InChI is InChI=1S/C9H12N2O6S/c1-10-18(15,16)8-3-2-6(17-8)9(14)11-5-4-7(12)13/h2-3,10H,4-5H2,1H3,(H,11,14)(H,12,13). The van der Waals surface area contributed by atoms with Crippen molar-refractivity contribution in [1.29, 1.82) is 0 Å². The Morgan fingerprint density at radius 2 is 2.06 bits per heavy atom. The van der Waals surface area contributed by atoms with Crippen molar-refractivity contribution >= 4 is 21.9 Å². The Labute approximate surface area is 103 Å². The zero-order valence-corrected chi connectivity index (χ0v) is 10.3. The molecule has 0 atom stereocenters. The van der Waals surface area contributed by atoms with E-state index in [9.17, 15) is 18.0 Å². The predicted octanol–water partition coefficient (Wildman–Crippen LogP) is -0.608. The van der Waals surface area contributed by atoms with Crippen LogP contribution in [0.5, 0.6) is 0 Å². The summed E-state index contributed by atoms with van der Waals surface area (Å²) in [4.78, 5) is 21.7. The fourth-order valence-electron chi connectivity index (χ4n) is 1.06. The van der Waals surface area contributed by atoms with Gasteiger partial charge >= 0.3 is 5.97 Å². The number of carbonyl (C=O) groups excluding carboxylic acids is 1. The number of furan rings is 1. The molecular weight excluding hydrogens is 264 g/mol. The largest absolute Gasteiger partial charge is 0.481 e. The first-order valence-corrected chi connectivity index (χ1v) is 6.38. The molecule has 0 fully saturated rings. The summed E-state index contributed by atoms with van der Waals surface area (Å²) < 4.78 is 29.5. The van der Waals surface area contributed by atoms with Crippen LogP contribution < -0.4 is 10.0 Å². The van der Waals surface area contributed by atoms with Gasteiger partial charge < -0.3 is 14.8 Å². The normalized spacial score (nSPS) is 11.2. The molecule has 0 spiro atoms. The van der Waals surface area contributed by atoms with Crippen LogP contribution in [0.2, 0.25) is 0 Å². The molecule has 0 aromatic carbocycles. The van der Waals surface area contributed by atoms with Gasteiger partial charge in [0.15, 0.2) is 5.76 Å². The van der Waals surface area contributed by atoms with Gasteiger partial charge in [0.1, 0.15) is 0 Å². The molecule has 1 aromatic rings. The lowest BCUT2D eigenvalue weighted by Crippen LogP contribution is -2.25. The van der Waals surface area contributed by atoms with Crippen molar-refractivity contribution in [2.24, 2.45) is 0 Å². The Bertz CT molecular complexity index is 547. The van der Waals surface area contributed by atoms with Crippen molar-refractivity contribution in [3.63, 3.8) is 0 Å². The zero-order valence-electron chi connectivity index (χ0n) is 9.47. The van der Waals surface area contributed by atoms with E-state index in [4.69, 9.17) is 9.52 Å². The molecular formula is C9H12N2O6S. The highest BCUT2D eigenvalue weighted by atomic mass is 32.2. The fourth-order valence-corrected chi connectivity index (χ4v) is 1.71. The van der Waals surface area contributed by atoms with Crippen molar-refractivity contribution in [1.82, 2.24) is 10.0 Å². The Hall–Kier alpha value is -1.87. The van der Waals surface area contributed by atoms with Crippen LogP contribution in [0.3, 0.4) is 0 Å². The van der Waals surface area contributed by atoms with Crippen molar-refractivity contribution in [3.8, 4) is 0 Å². The van der Waals surface area contributed by atoms with Gasteiger partial charge in [-0.05, 0) is 19.2 Å². The number of aliphatic carboxylic acids is 1. The van der Waals surface area contributed by atoms with Gasteiger partial charge in [-0.15, -0.1) is 0 Å². The van der Waals surface area contributed by atoms with Crippen LogP contribution in [-0.4, -0.2) is 39.0 Å². The molecule has 9 heteroatoms. The molecule has 1 heterocycles. The first-order chi connectivity index (χ1) is 8.36. The minimum atomic E-state index is -3.74. The Morgan fingerprint density at radius 3 is 2.61 bits per heavy atom. The van der Waals surface area contributed by atoms with Crippen molar-refractivity contribution in [2.75, 3.05) is 13.6 Å². The second-order valence-corrected chi connectivity index (χ2v) is 5.04. The van der Waals surface area contributed by atoms with E-state index < -0.39 is 21.9 Å². The smallest absolute Gasteiger partial charge is 0.305 e. The Morgan fingerprint density at radius 1 is 1.39 bits per heavy atom. The second kappa shape index (κ2) is 5.65. The van der Waals surface area contributed by atoms with E-state index in [0.717, 1.165) is 6.07 Å². The Kier molecular flexibility index (Phi) is 4.45. The van der Waals surface area contributed by atoms with Crippen LogP contribution in [0, 0.1) is 0 Å². The number of sulfonamides is 1. The summed E-state index contributed by atoms with van der Waals surface area (Å²) in [5.74, 6) is -1.92. The molecule has 0 saturated carbocycles. The average Bonchev–Trinajstić information content (AvgIpc) is 2.78. The van der Waals surface area contributed by atoms with Crippen LogP contribution in [0.15, 0.2) is 21.6 Å². The van der Waals surface area contributed by atoms with Crippen LogP contribution in [0.25, 0.3) is 0 Å². The number of rotatable bonds is 6. The molecule has 1 rings (SSSR count). The van der Waals surface area contributed by atoms with E-state index in [-0.39, 0.29) is 23.8 Å². The molecule has 0 radical (unpaired) electrons. The molecule has 3 N–H and O–H groups in total. The minimum absolute atomic E-state index is 0.0665. The Balaban J connectivity index is 2.69. The topological polar surface area (TPSA) is 126 Å².